The molecule has 1 saturated heterocycles. The van der Waals surface area contributed by atoms with E-state index in [0.29, 0.717) is 25.4 Å². The Bertz CT molecular complexity index is 350. The number of carboxylic acid groups (broad SMARTS) is 1. The number of aliphatic carboxylic acids is 1. The Labute approximate surface area is 117 Å². The van der Waals surface area contributed by atoms with Crippen molar-refractivity contribution in [3.8, 4) is 0 Å². The van der Waals surface area contributed by atoms with E-state index in [1.807, 2.05) is 6.92 Å². The third-order valence-electron chi connectivity index (χ3n) is 4.38. The summed E-state index contributed by atoms with van der Waals surface area (Å²) >= 11 is 0. The summed E-state index contributed by atoms with van der Waals surface area (Å²) in [6.45, 7) is 4.33. The van der Waals surface area contributed by atoms with Gasteiger partial charge in [0.2, 0.25) is 0 Å². The van der Waals surface area contributed by atoms with E-state index in [1.165, 1.54) is 0 Å². The number of rotatable bonds is 4. The third kappa shape index (κ3) is 3.35. The molecule has 5 nitrogen and oxygen atoms in total. The summed E-state index contributed by atoms with van der Waals surface area (Å²) in [7, 11) is -0.670. The van der Waals surface area contributed by atoms with Crippen molar-refractivity contribution in [1.82, 2.24) is 10.2 Å². The number of likely N-dealkylation sites (N-methyl/N-ethyl adjacent to an activating group) is 1. The molecule has 2 rings (SSSR count). The van der Waals surface area contributed by atoms with Crippen molar-refractivity contribution >= 4 is 16.8 Å². The van der Waals surface area contributed by atoms with Crippen molar-refractivity contribution in [3.05, 3.63) is 0 Å². The van der Waals surface area contributed by atoms with Gasteiger partial charge in [-0.1, -0.05) is 6.92 Å². The summed E-state index contributed by atoms with van der Waals surface area (Å²) in [5, 5.41) is 12.7. The molecular formula is C13H24N2O3S. The Balaban J connectivity index is 2.03. The molecule has 1 aliphatic carbocycles. The first-order valence-electron chi connectivity index (χ1n) is 7.15. The highest BCUT2D eigenvalue weighted by atomic mass is 32.2. The van der Waals surface area contributed by atoms with Crippen LogP contribution in [0.15, 0.2) is 0 Å². The van der Waals surface area contributed by atoms with Crippen LogP contribution in [0.5, 0.6) is 0 Å². The molecule has 2 N–H and O–H groups in total. The Kier molecular flexibility index (Phi) is 4.97. The van der Waals surface area contributed by atoms with E-state index >= 15 is 0 Å². The molecule has 0 bridgehead atoms. The van der Waals surface area contributed by atoms with Crippen LogP contribution in [0.1, 0.15) is 32.6 Å². The first-order valence-corrected chi connectivity index (χ1v) is 8.63. The molecule has 1 heterocycles. The van der Waals surface area contributed by atoms with E-state index in [0.717, 1.165) is 37.4 Å². The van der Waals surface area contributed by atoms with Crippen LogP contribution in [0.25, 0.3) is 0 Å². The second kappa shape index (κ2) is 6.33. The van der Waals surface area contributed by atoms with Gasteiger partial charge in [-0.2, -0.15) is 0 Å². The fraction of sp³-hybridized carbons (Fsp3) is 0.923. The molecule has 1 aliphatic heterocycles. The lowest BCUT2D eigenvalue weighted by Gasteiger charge is -2.43. The third-order valence-corrected chi connectivity index (χ3v) is 5.65. The second-order valence-electron chi connectivity index (χ2n) is 5.55. The normalized spacial score (nSPS) is 34.3. The van der Waals surface area contributed by atoms with E-state index in [2.05, 4.69) is 10.2 Å². The predicted molar refractivity (Wildman–Crippen MR) is 75.7 cm³/mol. The van der Waals surface area contributed by atoms with Gasteiger partial charge >= 0.3 is 5.97 Å². The van der Waals surface area contributed by atoms with Crippen molar-refractivity contribution < 1.29 is 14.1 Å². The van der Waals surface area contributed by atoms with Crippen molar-refractivity contribution in [1.29, 1.82) is 0 Å². The highest BCUT2D eigenvalue weighted by Crippen LogP contribution is 2.32. The minimum atomic E-state index is -0.756. The molecule has 0 aromatic heterocycles. The molecule has 0 spiro atoms. The first-order chi connectivity index (χ1) is 9.07. The molecule has 2 unspecified atom stereocenters. The molecule has 6 heteroatoms. The van der Waals surface area contributed by atoms with Crippen LogP contribution in [-0.2, 0) is 15.6 Å². The Morgan fingerprint density at radius 1 is 1.47 bits per heavy atom. The number of carbonyl (C=O) groups is 1. The maximum absolute atomic E-state index is 11.6. The zero-order chi connectivity index (χ0) is 13.9. The van der Waals surface area contributed by atoms with Gasteiger partial charge in [0.25, 0.3) is 0 Å². The Hall–Kier alpha value is -0.460. The van der Waals surface area contributed by atoms with Crippen LogP contribution in [0, 0.1) is 0 Å². The van der Waals surface area contributed by atoms with Crippen LogP contribution in [-0.4, -0.2) is 62.9 Å². The number of nitrogens with one attached hydrogen (secondary N) is 1. The summed E-state index contributed by atoms with van der Waals surface area (Å²) in [6.07, 6.45) is 3.39. The summed E-state index contributed by atoms with van der Waals surface area (Å²) in [6, 6.07) is 0.321. The van der Waals surface area contributed by atoms with Gasteiger partial charge in [-0.25, -0.2) is 0 Å². The van der Waals surface area contributed by atoms with Crippen LogP contribution >= 0.6 is 0 Å². The van der Waals surface area contributed by atoms with Gasteiger partial charge in [-0.05, 0) is 32.2 Å². The molecule has 110 valence electrons. The maximum atomic E-state index is 11.6. The van der Waals surface area contributed by atoms with Gasteiger partial charge in [0.15, 0.2) is 0 Å². The van der Waals surface area contributed by atoms with Crippen LogP contribution < -0.4 is 5.32 Å². The number of hydrogen-bond donors (Lipinski definition) is 2. The lowest BCUT2D eigenvalue weighted by molar-refractivity contribution is -0.147. The fourth-order valence-electron chi connectivity index (χ4n) is 3.34. The average molecular weight is 288 g/mol. The lowest BCUT2D eigenvalue weighted by Crippen LogP contribution is -2.59. The van der Waals surface area contributed by atoms with Crippen LogP contribution in [0.4, 0.5) is 0 Å². The Morgan fingerprint density at radius 2 is 2.16 bits per heavy atom. The average Bonchev–Trinajstić information content (AvgIpc) is 2.40. The first kappa shape index (κ1) is 14.9. The van der Waals surface area contributed by atoms with Gasteiger partial charge in [-0.15, -0.1) is 0 Å². The SMILES string of the molecule is CCNC1(C(=O)O)CCCC(N2CCS(=O)CC2)C1. The molecule has 0 radical (unpaired) electrons. The zero-order valence-corrected chi connectivity index (χ0v) is 12.4. The number of hydrogen-bond acceptors (Lipinski definition) is 4. The summed E-state index contributed by atoms with van der Waals surface area (Å²) in [5.74, 6) is 0.745. The highest BCUT2D eigenvalue weighted by molar-refractivity contribution is 7.85. The fourth-order valence-corrected chi connectivity index (χ4v) is 4.42. The van der Waals surface area contributed by atoms with E-state index in [4.69, 9.17) is 0 Å². The number of carboxylic acids is 1. The summed E-state index contributed by atoms with van der Waals surface area (Å²) in [4.78, 5) is 14.0. The monoisotopic (exact) mass is 288 g/mol. The van der Waals surface area contributed by atoms with E-state index in [1.54, 1.807) is 0 Å². The van der Waals surface area contributed by atoms with Crippen molar-refractivity contribution in [3.63, 3.8) is 0 Å². The minimum Gasteiger partial charge on any atom is -0.480 e. The highest BCUT2D eigenvalue weighted by Gasteiger charge is 2.43. The van der Waals surface area contributed by atoms with Crippen LogP contribution in [0.3, 0.4) is 0 Å². The van der Waals surface area contributed by atoms with E-state index in [-0.39, 0.29) is 0 Å². The lowest BCUT2D eigenvalue weighted by atomic mass is 9.78. The molecule has 0 aromatic carbocycles. The molecule has 1 saturated carbocycles. The second-order valence-corrected chi connectivity index (χ2v) is 7.25. The molecular weight excluding hydrogens is 264 g/mol. The van der Waals surface area contributed by atoms with E-state index < -0.39 is 22.3 Å². The zero-order valence-electron chi connectivity index (χ0n) is 11.6. The molecule has 0 aromatic rings. The Morgan fingerprint density at radius 3 is 2.74 bits per heavy atom. The quantitative estimate of drug-likeness (QED) is 0.785. The smallest absolute Gasteiger partial charge is 0.323 e. The maximum Gasteiger partial charge on any atom is 0.323 e. The van der Waals surface area contributed by atoms with Crippen molar-refractivity contribution in [2.45, 2.75) is 44.2 Å². The molecule has 0 amide bonds. The molecule has 2 aliphatic rings. The summed E-state index contributed by atoms with van der Waals surface area (Å²) < 4.78 is 11.4. The van der Waals surface area contributed by atoms with Gasteiger partial charge in [-0.3, -0.25) is 13.9 Å². The summed E-state index contributed by atoms with van der Waals surface area (Å²) in [5.41, 5.74) is -0.756. The van der Waals surface area contributed by atoms with Crippen LogP contribution in [0.2, 0.25) is 0 Å². The van der Waals surface area contributed by atoms with Crippen molar-refractivity contribution in [2.24, 2.45) is 0 Å². The molecule has 2 atom stereocenters. The predicted octanol–water partition coefficient (Wildman–Crippen LogP) is 0.426. The van der Waals surface area contributed by atoms with Gasteiger partial charge in [0, 0.05) is 41.4 Å². The minimum absolute atomic E-state index is 0.321. The largest absolute Gasteiger partial charge is 0.480 e. The van der Waals surface area contributed by atoms with Crippen molar-refractivity contribution in [2.75, 3.05) is 31.1 Å². The number of nitrogens with zero attached hydrogens (tertiary/aromatic N) is 1. The standard InChI is InChI=1S/C13H24N2O3S/c1-2-14-13(12(16)17)5-3-4-11(10-13)15-6-8-19(18)9-7-15/h11,14H,2-10H2,1H3,(H,16,17). The molecule has 19 heavy (non-hydrogen) atoms. The van der Waals surface area contributed by atoms with Gasteiger partial charge < -0.3 is 10.4 Å². The topological polar surface area (TPSA) is 69.6 Å². The molecule has 2 fully saturated rings. The van der Waals surface area contributed by atoms with Gasteiger partial charge in [0.05, 0.1) is 0 Å². The van der Waals surface area contributed by atoms with Gasteiger partial charge in [0.1, 0.15) is 5.54 Å². The van der Waals surface area contributed by atoms with E-state index in [9.17, 15) is 14.1 Å².